The fourth-order valence-electron chi connectivity index (χ4n) is 2.12. The molecule has 0 fully saturated rings. The minimum atomic E-state index is -0.424. The van der Waals surface area contributed by atoms with Gasteiger partial charge in [0.25, 0.3) is 0 Å². The Hall–Kier alpha value is -2.04. The van der Waals surface area contributed by atoms with E-state index in [1.54, 1.807) is 19.4 Å². The number of hydrogen-bond acceptors (Lipinski definition) is 4. The third-order valence-corrected chi connectivity index (χ3v) is 3.32. The summed E-state index contributed by atoms with van der Waals surface area (Å²) in [5.74, 6) is 1.21. The van der Waals surface area contributed by atoms with Crippen molar-refractivity contribution in [2.45, 2.75) is 6.04 Å². The van der Waals surface area contributed by atoms with Crippen molar-refractivity contribution in [1.29, 1.82) is 0 Å². The zero-order chi connectivity index (χ0) is 14.1. The smallest absolute Gasteiger partial charge is 0.176 e. The maximum atomic E-state index is 6.18. The van der Waals surface area contributed by atoms with Crippen molar-refractivity contribution in [3.63, 3.8) is 0 Å². The normalized spacial score (nSPS) is 12.6. The van der Waals surface area contributed by atoms with Crippen LogP contribution in [0.4, 0.5) is 0 Å². The number of nitrogens with two attached hydrogens (primary N) is 1. The van der Waals surface area contributed by atoms with Crippen LogP contribution in [-0.2, 0) is 0 Å². The molecule has 2 aromatic heterocycles. The summed E-state index contributed by atoms with van der Waals surface area (Å²) in [6, 6.07) is 10.6. The number of halogens is 1. The zero-order valence-corrected chi connectivity index (χ0v) is 11.6. The molecule has 20 heavy (non-hydrogen) atoms. The molecule has 0 spiro atoms. The lowest BCUT2D eigenvalue weighted by molar-refractivity contribution is 0.406. The SMILES string of the molecule is COc1cc(Cl)cc2cc(C(N)c3ccccn3)oc12. The van der Waals surface area contributed by atoms with E-state index < -0.39 is 6.04 Å². The van der Waals surface area contributed by atoms with E-state index in [0.717, 1.165) is 11.1 Å². The Balaban J connectivity index is 2.09. The number of furan rings is 1. The first-order valence-corrected chi connectivity index (χ1v) is 6.50. The fourth-order valence-corrected chi connectivity index (χ4v) is 2.33. The minimum Gasteiger partial charge on any atom is -0.493 e. The van der Waals surface area contributed by atoms with Gasteiger partial charge in [0.1, 0.15) is 11.8 Å². The highest BCUT2D eigenvalue weighted by atomic mass is 35.5. The molecule has 102 valence electrons. The molecule has 0 bridgehead atoms. The molecule has 1 aromatic carbocycles. The highest BCUT2D eigenvalue weighted by molar-refractivity contribution is 6.31. The largest absolute Gasteiger partial charge is 0.493 e. The van der Waals surface area contributed by atoms with Gasteiger partial charge in [0, 0.05) is 22.7 Å². The lowest BCUT2D eigenvalue weighted by atomic mass is 10.1. The average Bonchev–Trinajstić information content (AvgIpc) is 2.90. The highest BCUT2D eigenvalue weighted by Gasteiger charge is 2.17. The first-order chi connectivity index (χ1) is 9.69. The Bertz CT molecular complexity index is 740. The number of rotatable bonds is 3. The maximum absolute atomic E-state index is 6.18. The van der Waals surface area contributed by atoms with Gasteiger partial charge >= 0.3 is 0 Å². The van der Waals surface area contributed by atoms with Gasteiger partial charge in [0.15, 0.2) is 11.3 Å². The summed E-state index contributed by atoms with van der Waals surface area (Å²) in [5, 5.41) is 1.45. The zero-order valence-electron chi connectivity index (χ0n) is 10.8. The molecule has 0 saturated carbocycles. The van der Waals surface area contributed by atoms with Crippen LogP contribution in [0.15, 0.2) is 47.0 Å². The molecule has 2 N–H and O–H groups in total. The molecule has 0 aliphatic rings. The molecular formula is C15H13ClN2O2. The molecule has 0 aliphatic heterocycles. The number of methoxy groups -OCH3 is 1. The maximum Gasteiger partial charge on any atom is 0.176 e. The topological polar surface area (TPSA) is 61.3 Å². The van der Waals surface area contributed by atoms with Crippen molar-refractivity contribution in [3.8, 4) is 5.75 Å². The molecule has 1 unspecified atom stereocenters. The second-order valence-corrected chi connectivity index (χ2v) is 4.84. The number of ether oxygens (including phenoxy) is 1. The van der Waals surface area contributed by atoms with Crippen LogP contribution in [0.3, 0.4) is 0 Å². The monoisotopic (exact) mass is 288 g/mol. The first kappa shape index (κ1) is 13.0. The van der Waals surface area contributed by atoms with Gasteiger partial charge in [-0.1, -0.05) is 17.7 Å². The van der Waals surface area contributed by atoms with Crippen LogP contribution in [0.25, 0.3) is 11.0 Å². The van der Waals surface area contributed by atoms with Gasteiger partial charge in [0.2, 0.25) is 0 Å². The van der Waals surface area contributed by atoms with Crippen LogP contribution >= 0.6 is 11.6 Å². The molecule has 0 aliphatic carbocycles. The molecule has 0 radical (unpaired) electrons. The summed E-state index contributed by atoms with van der Waals surface area (Å²) in [5.41, 5.74) is 7.56. The third-order valence-electron chi connectivity index (χ3n) is 3.10. The van der Waals surface area contributed by atoms with E-state index in [1.807, 2.05) is 30.3 Å². The van der Waals surface area contributed by atoms with Gasteiger partial charge < -0.3 is 14.9 Å². The minimum absolute atomic E-state index is 0.424. The summed E-state index contributed by atoms with van der Waals surface area (Å²) in [7, 11) is 1.58. The van der Waals surface area contributed by atoms with Crippen molar-refractivity contribution in [1.82, 2.24) is 4.98 Å². The van der Waals surface area contributed by atoms with Crippen molar-refractivity contribution in [3.05, 3.63) is 59.1 Å². The Morgan fingerprint density at radius 3 is 2.85 bits per heavy atom. The van der Waals surface area contributed by atoms with Crippen LogP contribution in [0, 0.1) is 0 Å². The standard InChI is InChI=1S/C15H13ClN2O2/c1-19-13-8-10(16)6-9-7-12(20-15(9)13)14(17)11-4-2-3-5-18-11/h2-8,14H,17H2,1H3. The molecule has 5 heteroatoms. The Kier molecular flexibility index (Phi) is 3.34. The molecule has 0 amide bonds. The van der Waals surface area contributed by atoms with E-state index in [9.17, 15) is 0 Å². The second kappa shape index (κ2) is 5.15. The van der Waals surface area contributed by atoms with E-state index >= 15 is 0 Å². The van der Waals surface area contributed by atoms with Crippen molar-refractivity contribution < 1.29 is 9.15 Å². The molecule has 3 aromatic rings. The summed E-state index contributed by atoms with van der Waals surface area (Å²) in [4.78, 5) is 4.24. The van der Waals surface area contributed by atoms with Crippen molar-refractivity contribution in [2.24, 2.45) is 5.73 Å². The van der Waals surface area contributed by atoms with Gasteiger partial charge in [0.05, 0.1) is 12.8 Å². The van der Waals surface area contributed by atoms with Gasteiger partial charge in [-0.15, -0.1) is 0 Å². The van der Waals surface area contributed by atoms with Crippen molar-refractivity contribution >= 4 is 22.6 Å². The van der Waals surface area contributed by atoms with E-state index in [-0.39, 0.29) is 0 Å². The second-order valence-electron chi connectivity index (χ2n) is 4.41. The summed E-state index contributed by atoms with van der Waals surface area (Å²) >= 11 is 6.04. The lowest BCUT2D eigenvalue weighted by Gasteiger charge is -2.07. The number of fused-ring (bicyclic) bond motifs is 1. The van der Waals surface area contributed by atoms with Gasteiger partial charge in [-0.05, 0) is 24.3 Å². The van der Waals surface area contributed by atoms with Crippen LogP contribution in [0.5, 0.6) is 5.75 Å². The third kappa shape index (κ3) is 2.24. The number of nitrogens with zero attached hydrogens (tertiary/aromatic N) is 1. The average molecular weight is 289 g/mol. The molecule has 0 saturated heterocycles. The first-order valence-electron chi connectivity index (χ1n) is 6.12. The fraction of sp³-hybridized carbons (Fsp3) is 0.133. The van der Waals surface area contributed by atoms with Crippen LogP contribution in [0.2, 0.25) is 5.02 Å². The predicted octanol–water partition coefficient (Wildman–Crippen LogP) is 3.54. The van der Waals surface area contributed by atoms with E-state index in [4.69, 9.17) is 26.5 Å². The molecular weight excluding hydrogens is 276 g/mol. The number of pyridine rings is 1. The highest BCUT2D eigenvalue weighted by Crippen LogP contribution is 2.34. The molecule has 1 atom stereocenters. The Morgan fingerprint density at radius 2 is 2.15 bits per heavy atom. The van der Waals surface area contributed by atoms with Crippen LogP contribution < -0.4 is 10.5 Å². The molecule has 4 nitrogen and oxygen atoms in total. The van der Waals surface area contributed by atoms with E-state index in [0.29, 0.717) is 22.1 Å². The Labute approximate surface area is 121 Å². The van der Waals surface area contributed by atoms with E-state index in [2.05, 4.69) is 4.98 Å². The van der Waals surface area contributed by atoms with Crippen LogP contribution in [0.1, 0.15) is 17.5 Å². The Morgan fingerprint density at radius 1 is 1.30 bits per heavy atom. The predicted molar refractivity (Wildman–Crippen MR) is 78.0 cm³/mol. The quantitative estimate of drug-likeness (QED) is 0.801. The molecule has 2 heterocycles. The summed E-state index contributed by atoms with van der Waals surface area (Å²) in [6.07, 6.45) is 1.70. The van der Waals surface area contributed by atoms with Crippen molar-refractivity contribution in [2.75, 3.05) is 7.11 Å². The number of aromatic nitrogens is 1. The van der Waals surface area contributed by atoms with Crippen LogP contribution in [-0.4, -0.2) is 12.1 Å². The lowest BCUT2D eigenvalue weighted by Crippen LogP contribution is -2.12. The molecule has 3 rings (SSSR count). The van der Waals surface area contributed by atoms with Gasteiger partial charge in [-0.2, -0.15) is 0 Å². The number of hydrogen-bond donors (Lipinski definition) is 1. The summed E-state index contributed by atoms with van der Waals surface area (Å²) in [6.45, 7) is 0. The van der Waals surface area contributed by atoms with Gasteiger partial charge in [-0.3, -0.25) is 4.98 Å². The van der Waals surface area contributed by atoms with E-state index in [1.165, 1.54) is 0 Å². The summed E-state index contributed by atoms with van der Waals surface area (Å²) < 4.78 is 11.1. The van der Waals surface area contributed by atoms with Gasteiger partial charge in [-0.25, -0.2) is 0 Å². The number of benzene rings is 1.